The number of aromatic nitrogens is 2. The van der Waals surface area contributed by atoms with Gasteiger partial charge in [0.05, 0.1) is 18.6 Å². The lowest BCUT2D eigenvalue weighted by atomic mass is 10.1. The molecule has 1 amide bonds. The van der Waals surface area contributed by atoms with Crippen molar-refractivity contribution in [3.63, 3.8) is 0 Å². The fraction of sp³-hybridized carbons (Fsp3) is 0.444. The molecule has 0 bridgehead atoms. The first kappa shape index (κ1) is 12.7. The first-order chi connectivity index (χ1) is 7.58. The van der Waals surface area contributed by atoms with Crippen molar-refractivity contribution in [3.8, 4) is 0 Å². The molecule has 6 nitrogen and oxygen atoms in total. The highest BCUT2D eigenvalue weighted by Gasteiger charge is 2.23. The van der Waals surface area contributed by atoms with Crippen LogP contribution in [0, 0.1) is 0 Å². The zero-order chi connectivity index (χ0) is 12.1. The predicted octanol–water partition coefficient (Wildman–Crippen LogP) is 0.781. The summed E-state index contributed by atoms with van der Waals surface area (Å²) in [6.07, 6.45) is 2.55. The van der Waals surface area contributed by atoms with E-state index in [1.165, 1.54) is 13.3 Å². The number of alkyl carbamates (subject to hydrolysis) is 1. The van der Waals surface area contributed by atoms with Gasteiger partial charge in [0.25, 0.3) is 0 Å². The highest BCUT2D eigenvalue weighted by Crippen LogP contribution is 2.14. The second kappa shape index (κ2) is 5.64. The predicted molar refractivity (Wildman–Crippen MR) is 60.3 cm³/mol. The normalized spacial score (nSPS) is 11.9. The van der Waals surface area contributed by atoms with Crippen LogP contribution in [0.5, 0.6) is 0 Å². The molecule has 0 aliphatic heterocycles. The lowest BCUT2D eigenvalue weighted by Gasteiger charge is -2.13. The maximum atomic E-state index is 11.6. The van der Waals surface area contributed by atoms with E-state index in [-0.39, 0.29) is 11.1 Å². The number of nitrogens with one attached hydrogen (secondary N) is 1. The summed E-state index contributed by atoms with van der Waals surface area (Å²) in [7, 11) is 2.98. The summed E-state index contributed by atoms with van der Waals surface area (Å²) in [6, 6.07) is -0.736. The quantitative estimate of drug-likeness (QED) is 0.832. The third-order valence-corrected chi connectivity index (χ3v) is 2.51. The lowest BCUT2D eigenvalue weighted by molar-refractivity contribution is -0.118. The molecule has 1 rings (SSSR count). The highest BCUT2D eigenvalue weighted by atomic mass is 79.9. The third-order valence-electron chi connectivity index (χ3n) is 1.96. The van der Waals surface area contributed by atoms with Crippen molar-refractivity contribution in [2.75, 3.05) is 12.4 Å². The van der Waals surface area contributed by atoms with Crippen LogP contribution in [0.15, 0.2) is 12.4 Å². The minimum Gasteiger partial charge on any atom is -0.453 e. The van der Waals surface area contributed by atoms with E-state index >= 15 is 0 Å². The van der Waals surface area contributed by atoms with Crippen molar-refractivity contribution >= 4 is 27.8 Å². The van der Waals surface area contributed by atoms with Gasteiger partial charge in [0.2, 0.25) is 0 Å². The summed E-state index contributed by atoms with van der Waals surface area (Å²) in [5.74, 6) is -0.168. The van der Waals surface area contributed by atoms with E-state index in [1.807, 2.05) is 0 Å². The minimum absolute atomic E-state index is 0.149. The first-order valence-electron chi connectivity index (χ1n) is 4.50. The van der Waals surface area contributed by atoms with Crippen molar-refractivity contribution in [2.24, 2.45) is 7.05 Å². The number of aryl methyl sites for hydroxylation is 1. The minimum atomic E-state index is -0.736. The second-order valence-electron chi connectivity index (χ2n) is 3.12. The van der Waals surface area contributed by atoms with Crippen LogP contribution in [0.3, 0.4) is 0 Å². The maximum Gasteiger partial charge on any atom is 0.407 e. The largest absolute Gasteiger partial charge is 0.453 e. The topological polar surface area (TPSA) is 73.2 Å². The number of carbonyl (C=O) groups is 2. The summed E-state index contributed by atoms with van der Waals surface area (Å²) in [5, 5.41) is 6.55. The van der Waals surface area contributed by atoms with Gasteiger partial charge in [0, 0.05) is 18.8 Å². The summed E-state index contributed by atoms with van der Waals surface area (Å²) in [4.78, 5) is 22.7. The van der Waals surface area contributed by atoms with E-state index in [1.54, 1.807) is 17.9 Å². The molecule has 0 aliphatic carbocycles. The lowest BCUT2D eigenvalue weighted by Crippen LogP contribution is -2.34. The Morgan fingerprint density at radius 1 is 1.69 bits per heavy atom. The third kappa shape index (κ3) is 3.06. The summed E-state index contributed by atoms with van der Waals surface area (Å²) < 4.78 is 6.02. The number of amides is 1. The van der Waals surface area contributed by atoms with Gasteiger partial charge in [-0.1, -0.05) is 15.9 Å². The van der Waals surface area contributed by atoms with Gasteiger partial charge in [0.1, 0.15) is 6.04 Å². The Labute approximate surface area is 101 Å². The summed E-state index contributed by atoms with van der Waals surface area (Å²) in [6.45, 7) is 0. The van der Waals surface area contributed by atoms with Gasteiger partial charge >= 0.3 is 6.09 Å². The van der Waals surface area contributed by atoms with E-state index in [0.717, 1.165) is 0 Å². The molecule has 0 saturated heterocycles. The molecule has 1 aromatic heterocycles. The van der Waals surface area contributed by atoms with E-state index in [9.17, 15) is 9.59 Å². The van der Waals surface area contributed by atoms with Crippen LogP contribution in [0.2, 0.25) is 0 Å². The van der Waals surface area contributed by atoms with Gasteiger partial charge < -0.3 is 10.1 Å². The Balaban J connectivity index is 2.87. The SMILES string of the molecule is COC(=O)NC(C(=O)CBr)c1cnn(C)c1. The van der Waals surface area contributed by atoms with Gasteiger partial charge in [-0.15, -0.1) is 0 Å². The highest BCUT2D eigenvalue weighted by molar-refractivity contribution is 9.09. The zero-order valence-corrected chi connectivity index (χ0v) is 10.5. The molecule has 0 saturated carbocycles. The number of methoxy groups -OCH3 is 1. The fourth-order valence-corrected chi connectivity index (χ4v) is 1.52. The molecule has 0 fully saturated rings. The van der Waals surface area contributed by atoms with Gasteiger partial charge in [-0.2, -0.15) is 5.10 Å². The molecule has 1 unspecified atom stereocenters. The number of hydrogen-bond donors (Lipinski definition) is 1. The molecular formula is C9H12BrN3O3. The Kier molecular flexibility index (Phi) is 4.48. The Bertz CT molecular complexity index is 391. The average molecular weight is 290 g/mol. The summed E-state index contributed by atoms with van der Waals surface area (Å²) >= 11 is 3.06. The molecule has 0 aliphatic rings. The fourth-order valence-electron chi connectivity index (χ4n) is 1.19. The molecule has 1 heterocycles. The van der Waals surface area contributed by atoms with Crippen LogP contribution in [-0.4, -0.2) is 34.1 Å². The number of ether oxygens (including phenoxy) is 1. The number of Topliss-reactive ketones (excluding diaryl/α,β-unsaturated/α-hetero) is 1. The van der Waals surface area contributed by atoms with Crippen LogP contribution in [0.1, 0.15) is 11.6 Å². The smallest absolute Gasteiger partial charge is 0.407 e. The number of ketones is 1. The average Bonchev–Trinajstić information content (AvgIpc) is 2.71. The van der Waals surface area contributed by atoms with Crippen LogP contribution in [-0.2, 0) is 16.6 Å². The van der Waals surface area contributed by atoms with Crippen LogP contribution in [0.4, 0.5) is 4.79 Å². The molecule has 16 heavy (non-hydrogen) atoms. The molecule has 0 aromatic carbocycles. The number of nitrogens with zero attached hydrogens (tertiary/aromatic N) is 2. The maximum absolute atomic E-state index is 11.6. The van der Waals surface area contributed by atoms with E-state index in [0.29, 0.717) is 5.56 Å². The number of hydrogen-bond acceptors (Lipinski definition) is 4. The van der Waals surface area contributed by atoms with E-state index in [4.69, 9.17) is 0 Å². The molecule has 0 spiro atoms. The number of alkyl halides is 1. The first-order valence-corrected chi connectivity index (χ1v) is 5.62. The van der Waals surface area contributed by atoms with Crippen molar-refractivity contribution in [1.82, 2.24) is 15.1 Å². The number of halogens is 1. The van der Waals surface area contributed by atoms with Crippen molar-refractivity contribution in [2.45, 2.75) is 6.04 Å². The zero-order valence-electron chi connectivity index (χ0n) is 8.94. The van der Waals surface area contributed by atoms with Gasteiger partial charge in [-0.25, -0.2) is 4.79 Å². The van der Waals surface area contributed by atoms with Gasteiger partial charge in [0.15, 0.2) is 5.78 Å². The molecule has 7 heteroatoms. The van der Waals surface area contributed by atoms with Gasteiger partial charge in [-0.3, -0.25) is 9.48 Å². The molecular weight excluding hydrogens is 278 g/mol. The van der Waals surface area contributed by atoms with Gasteiger partial charge in [-0.05, 0) is 0 Å². The monoisotopic (exact) mass is 289 g/mol. The Morgan fingerprint density at radius 3 is 2.81 bits per heavy atom. The summed E-state index contributed by atoms with van der Waals surface area (Å²) in [5.41, 5.74) is 0.623. The standard InChI is InChI=1S/C9H12BrN3O3/c1-13-5-6(4-11-13)8(7(14)3-10)12-9(15)16-2/h4-5,8H,3H2,1-2H3,(H,12,15). The molecule has 1 atom stereocenters. The molecule has 88 valence electrons. The van der Waals surface area contributed by atoms with Crippen molar-refractivity contribution < 1.29 is 14.3 Å². The van der Waals surface area contributed by atoms with Crippen LogP contribution < -0.4 is 5.32 Å². The Morgan fingerprint density at radius 2 is 2.38 bits per heavy atom. The van der Waals surface area contributed by atoms with E-state index in [2.05, 4.69) is 31.1 Å². The number of carbonyl (C=O) groups excluding carboxylic acids is 2. The number of rotatable bonds is 4. The molecule has 1 aromatic rings. The second-order valence-corrected chi connectivity index (χ2v) is 3.68. The van der Waals surface area contributed by atoms with Crippen LogP contribution >= 0.6 is 15.9 Å². The van der Waals surface area contributed by atoms with Crippen molar-refractivity contribution in [3.05, 3.63) is 18.0 Å². The van der Waals surface area contributed by atoms with Crippen LogP contribution in [0.25, 0.3) is 0 Å². The van der Waals surface area contributed by atoms with E-state index < -0.39 is 12.1 Å². The Hall–Kier alpha value is -1.37. The van der Waals surface area contributed by atoms with Crippen molar-refractivity contribution in [1.29, 1.82) is 0 Å². The molecule has 1 N–H and O–H groups in total. The molecule has 0 radical (unpaired) electrons.